The molecule has 3 unspecified atom stereocenters. The molecule has 1 amide bonds. The summed E-state index contributed by atoms with van der Waals surface area (Å²) in [7, 11) is 0. The molecule has 0 bridgehead atoms. The molecule has 0 saturated carbocycles. The van der Waals surface area contributed by atoms with E-state index in [1.807, 2.05) is 4.90 Å². The number of hydrogen-bond acceptors (Lipinski definition) is 5. The normalized spacial score (nSPS) is 30.7. The average Bonchev–Trinajstić information content (AvgIpc) is 3.07. The Balaban J connectivity index is 1.70. The minimum absolute atomic E-state index is 0.101. The molecule has 110 valence electrons. The van der Waals surface area contributed by atoms with Crippen molar-refractivity contribution in [3.05, 3.63) is 11.7 Å². The molecule has 3 atom stereocenters. The Kier molecular flexibility index (Phi) is 3.74. The first-order valence-electron chi connectivity index (χ1n) is 7.49. The van der Waals surface area contributed by atoms with Crippen LogP contribution in [0.1, 0.15) is 55.7 Å². The summed E-state index contributed by atoms with van der Waals surface area (Å²) in [6.07, 6.45) is 3.28. The number of aromatic nitrogens is 2. The highest BCUT2D eigenvalue weighted by molar-refractivity contribution is 5.90. The van der Waals surface area contributed by atoms with Gasteiger partial charge in [0, 0.05) is 13.1 Å². The van der Waals surface area contributed by atoms with Gasteiger partial charge in [-0.1, -0.05) is 19.0 Å². The lowest BCUT2D eigenvalue weighted by molar-refractivity contribution is 0.0607. The molecule has 20 heavy (non-hydrogen) atoms. The molecule has 0 spiro atoms. The zero-order valence-corrected chi connectivity index (χ0v) is 12.1. The lowest BCUT2D eigenvalue weighted by Gasteiger charge is -2.34. The summed E-state index contributed by atoms with van der Waals surface area (Å²) in [6.45, 7) is 6.90. The van der Waals surface area contributed by atoms with Gasteiger partial charge in [-0.15, -0.1) is 0 Å². The second kappa shape index (κ2) is 5.52. The summed E-state index contributed by atoms with van der Waals surface area (Å²) < 4.78 is 5.24. The maximum Gasteiger partial charge on any atom is 0.295 e. The monoisotopic (exact) mass is 278 g/mol. The van der Waals surface area contributed by atoms with E-state index in [-0.39, 0.29) is 17.8 Å². The molecule has 2 aliphatic rings. The summed E-state index contributed by atoms with van der Waals surface area (Å²) in [5.74, 6) is 1.71. The molecule has 1 aromatic rings. The minimum Gasteiger partial charge on any atom is -0.337 e. The van der Waals surface area contributed by atoms with Crippen molar-refractivity contribution in [2.75, 3.05) is 19.6 Å². The number of nitrogens with one attached hydrogen (secondary N) is 1. The number of nitrogens with zero attached hydrogens (tertiary/aromatic N) is 3. The van der Waals surface area contributed by atoms with E-state index in [9.17, 15) is 4.79 Å². The smallest absolute Gasteiger partial charge is 0.295 e. The number of rotatable bonds is 2. The highest BCUT2D eigenvalue weighted by Crippen LogP contribution is 2.24. The van der Waals surface area contributed by atoms with Gasteiger partial charge >= 0.3 is 0 Å². The first-order chi connectivity index (χ1) is 9.63. The van der Waals surface area contributed by atoms with Crippen molar-refractivity contribution in [1.29, 1.82) is 0 Å². The van der Waals surface area contributed by atoms with Crippen LogP contribution in [0.5, 0.6) is 0 Å². The summed E-state index contributed by atoms with van der Waals surface area (Å²) in [6, 6.07) is 0.114. The Labute approximate surface area is 118 Å². The Morgan fingerprint density at radius 2 is 2.10 bits per heavy atom. The van der Waals surface area contributed by atoms with E-state index in [1.54, 1.807) is 0 Å². The number of carbonyl (C=O) groups is 1. The maximum atomic E-state index is 12.4. The van der Waals surface area contributed by atoms with E-state index in [0.29, 0.717) is 17.7 Å². The fraction of sp³-hybridized carbons (Fsp3) is 0.786. The topological polar surface area (TPSA) is 71.3 Å². The van der Waals surface area contributed by atoms with Crippen molar-refractivity contribution < 1.29 is 9.32 Å². The van der Waals surface area contributed by atoms with Crippen molar-refractivity contribution in [2.45, 2.75) is 39.2 Å². The van der Waals surface area contributed by atoms with Crippen LogP contribution >= 0.6 is 0 Å². The Morgan fingerprint density at radius 3 is 2.75 bits per heavy atom. The zero-order valence-electron chi connectivity index (χ0n) is 12.1. The second-order valence-corrected chi connectivity index (χ2v) is 6.26. The average molecular weight is 278 g/mol. The number of amides is 1. The Bertz CT molecular complexity index is 471. The molecular weight excluding hydrogens is 256 g/mol. The summed E-state index contributed by atoms with van der Waals surface area (Å²) in [5, 5.41) is 7.17. The maximum absolute atomic E-state index is 12.4. The van der Waals surface area contributed by atoms with Gasteiger partial charge in [0.25, 0.3) is 11.7 Å². The number of piperidine rings is 1. The van der Waals surface area contributed by atoms with E-state index >= 15 is 0 Å². The number of likely N-dealkylation sites (tertiary alicyclic amines) is 1. The Hall–Kier alpha value is -1.43. The molecule has 0 aliphatic carbocycles. The van der Waals surface area contributed by atoms with Gasteiger partial charge in [-0.25, -0.2) is 0 Å². The van der Waals surface area contributed by atoms with Gasteiger partial charge in [-0.3, -0.25) is 4.79 Å². The van der Waals surface area contributed by atoms with Crippen LogP contribution in [-0.4, -0.2) is 40.6 Å². The van der Waals surface area contributed by atoms with E-state index in [4.69, 9.17) is 4.52 Å². The van der Waals surface area contributed by atoms with Gasteiger partial charge in [0.1, 0.15) is 0 Å². The van der Waals surface area contributed by atoms with Crippen LogP contribution in [-0.2, 0) is 0 Å². The fourth-order valence-corrected chi connectivity index (χ4v) is 3.33. The van der Waals surface area contributed by atoms with Crippen LogP contribution in [0.15, 0.2) is 4.52 Å². The van der Waals surface area contributed by atoms with Crippen LogP contribution in [0.3, 0.4) is 0 Å². The molecule has 1 N–H and O–H groups in total. The predicted molar refractivity (Wildman–Crippen MR) is 73.1 cm³/mol. The lowest BCUT2D eigenvalue weighted by Crippen LogP contribution is -2.43. The quantitative estimate of drug-likeness (QED) is 0.890. The van der Waals surface area contributed by atoms with Crippen LogP contribution in [0, 0.1) is 11.8 Å². The SMILES string of the molecule is CC1CC(C)CN(C(=O)c2noc(C3CCCN3)n2)C1. The Morgan fingerprint density at radius 1 is 1.35 bits per heavy atom. The van der Waals surface area contributed by atoms with Crippen LogP contribution in [0.2, 0.25) is 0 Å². The molecule has 2 fully saturated rings. The molecule has 6 heteroatoms. The van der Waals surface area contributed by atoms with Crippen molar-refractivity contribution in [2.24, 2.45) is 11.8 Å². The fourth-order valence-electron chi connectivity index (χ4n) is 3.33. The minimum atomic E-state index is -0.101. The highest BCUT2D eigenvalue weighted by atomic mass is 16.5. The molecule has 1 aromatic heterocycles. The lowest BCUT2D eigenvalue weighted by atomic mass is 9.92. The van der Waals surface area contributed by atoms with Crippen LogP contribution in [0.25, 0.3) is 0 Å². The third-order valence-corrected chi connectivity index (χ3v) is 4.15. The molecule has 3 heterocycles. The molecule has 0 aromatic carbocycles. The zero-order chi connectivity index (χ0) is 14.1. The standard InChI is InChI=1S/C14H22N4O2/c1-9-6-10(2)8-18(7-9)14(19)12-16-13(20-17-12)11-4-3-5-15-11/h9-11,15H,3-8H2,1-2H3. The summed E-state index contributed by atoms with van der Waals surface area (Å²) in [5.41, 5.74) is 0. The highest BCUT2D eigenvalue weighted by Gasteiger charge is 2.30. The molecule has 0 radical (unpaired) electrons. The largest absolute Gasteiger partial charge is 0.337 e. The van der Waals surface area contributed by atoms with Crippen LogP contribution in [0.4, 0.5) is 0 Å². The van der Waals surface area contributed by atoms with Gasteiger partial charge in [0.15, 0.2) is 0 Å². The first kappa shape index (κ1) is 13.5. The number of hydrogen-bond donors (Lipinski definition) is 1. The van der Waals surface area contributed by atoms with Crippen molar-refractivity contribution in [1.82, 2.24) is 20.4 Å². The van der Waals surface area contributed by atoms with Crippen molar-refractivity contribution in [3.63, 3.8) is 0 Å². The molecular formula is C14H22N4O2. The van der Waals surface area contributed by atoms with Crippen LogP contribution < -0.4 is 5.32 Å². The van der Waals surface area contributed by atoms with Gasteiger partial charge in [-0.05, 0) is 37.6 Å². The first-order valence-corrected chi connectivity index (χ1v) is 7.49. The summed E-state index contributed by atoms with van der Waals surface area (Å²) in [4.78, 5) is 18.6. The van der Waals surface area contributed by atoms with E-state index in [0.717, 1.165) is 32.5 Å². The van der Waals surface area contributed by atoms with Crippen molar-refractivity contribution in [3.8, 4) is 0 Å². The number of carbonyl (C=O) groups excluding carboxylic acids is 1. The van der Waals surface area contributed by atoms with Gasteiger partial charge in [-0.2, -0.15) is 4.98 Å². The second-order valence-electron chi connectivity index (χ2n) is 6.26. The van der Waals surface area contributed by atoms with E-state index in [2.05, 4.69) is 29.3 Å². The third kappa shape index (κ3) is 2.70. The third-order valence-electron chi connectivity index (χ3n) is 4.15. The summed E-state index contributed by atoms with van der Waals surface area (Å²) >= 11 is 0. The molecule has 6 nitrogen and oxygen atoms in total. The molecule has 2 aliphatic heterocycles. The van der Waals surface area contributed by atoms with Gasteiger partial charge in [0.2, 0.25) is 5.89 Å². The molecule has 2 saturated heterocycles. The van der Waals surface area contributed by atoms with Gasteiger partial charge in [0.05, 0.1) is 6.04 Å². The van der Waals surface area contributed by atoms with E-state index in [1.165, 1.54) is 6.42 Å². The van der Waals surface area contributed by atoms with Gasteiger partial charge < -0.3 is 14.7 Å². The predicted octanol–water partition coefficient (Wildman–Crippen LogP) is 1.61. The molecule has 3 rings (SSSR count). The van der Waals surface area contributed by atoms with E-state index < -0.39 is 0 Å². The van der Waals surface area contributed by atoms with Crippen molar-refractivity contribution >= 4 is 5.91 Å².